The number of fused-ring (bicyclic) bond motifs is 1. The minimum Gasteiger partial charge on any atom is -0.494 e. The van der Waals surface area contributed by atoms with Crippen LogP contribution in [0.1, 0.15) is 11.1 Å². The quantitative estimate of drug-likeness (QED) is 0.710. The molecule has 0 unspecified atom stereocenters. The molecule has 0 amide bonds. The number of benzene rings is 2. The largest absolute Gasteiger partial charge is 0.494 e. The Morgan fingerprint density at radius 2 is 1.95 bits per heavy atom. The first-order valence-electron chi connectivity index (χ1n) is 6.47. The number of para-hydroxylation sites is 1. The standard InChI is InChI=1S/C16H16N2OS/c1-10-7-8-12(11(2)9-10)18-13-5-4-6-14(19-3)15(13)17-16(18)20/h4-9H,1-3H3,(H,17,20). The molecule has 1 aromatic heterocycles. The lowest BCUT2D eigenvalue weighted by molar-refractivity contribution is 0.419. The average Bonchev–Trinajstić information content (AvgIpc) is 2.75. The van der Waals surface area contributed by atoms with E-state index in [1.54, 1.807) is 7.11 Å². The van der Waals surface area contributed by atoms with Crippen molar-refractivity contribution in [1.29, 1.82) is 0 Å². The van der Waals surface area contributed by atoms with Gasteiger partial charge in [-0.25, -0.2) is 0 Å². The van der Waals surface area contributed by atoms with Crippen molar-refractivity contribution in [2.75, 3.05) is 7.11 Å². The molecule has 3 nitrogen and oxygen atoms in total. The van der Waals surface area contributed by atoms with Crippen LogP contribution >= 0.6 is 12.2 Å². The fraction of sp³-hybridized carbons (Fsp3) is 0.188. The van der Waals surface area contributed by atoms with E-state index in [1.807, 2.05) is 18.2 Å². The van der Waals surface area contributed by atoms with Gasteiger partial charge in [0.15, 0.2) is 4.77 Å². The van der Waals surface area contributed by atoms with E-state index in [0.29, 0.717) is 4.77 Å². The molecule has 1 N–H and O–H groups in total. The summed E-state index contributed by atoms with van der Waals surface area (Å²) in [5.41, 5.74) is 5.50. The number of nitrogens with zero attached hydrogens (tertiary/aromatic N) is 1. The van der Waals surface area contributed by atoms with E-state index < -0.39 is 0 Å². The van der Waals surface area contributed by atoms with Crippen molar-refractivity contribution in [2.24, 2.45) is 0 Å². The third kappa shape index (κ3) is 1.93. The Balaban J connectivity index is 2.37. The highest BCUT2D eigenvalue weighted by molar-refractivity contribution is 7.71. The molecule has 0 atom stereocenters. The lowest BCUT2D eigenvalue weighted by Crippen LogP contribution is -1.97. The number of hydrogen-bond donors (Lipinski definition) is 1. The lowest BCUT2D eigenvalue weighted by Gasteiger charge is -2.09. The molecule has 102 valence electrons. The third-order valence-corrected chi connectivity index (χ3v) is 3.78. The van der Waals surface area contributed by atoms with Crippen LogP contribution in [0.3, 0.4) is 0 Å². The molecule has 1 heterocycles. The fourth-order valence-corrected chi connectivity index (χ4v) is 2.87. The van der Waals surface area contributed by atoms with E-state index in [0.717, 1.165) is 22.5 Å². The van der Waals surface area contributed by atoms with E-state index in [1.165, 1.54) is 11.1 Å². The molecule has 0 fully saturated rings. The summed E-state index contributed by atoms with van der Waals surface area (Å²) in [7, 11) is 1.67. The van der Waals surface area contributed by atoms with Crippen molar-refractivity contribution in [2.45, 2.75) is 13.8 Å². The van der Waals surface area contributed by atoms with Gasteiger partial charge >= 0.3 is 0 Å². The molecule has 4 heteroatoms. The van der Waals surface area contributed by atoms with Crippen molar-refractivity contribution in [1.82, 2.24) is 9.55 Å². The van der Waals surface area contributed by atoms with Crippen LogP contribution in [0, 0.1) is 18.6 Å². The van der Waals surface area contributed by atoms with Crippen molar-refractivity contribution in [3.63, 3.8) is 0 Å². The Bertz CT molecular complexity index is 845. The lowest BCUT2D eigenvalue weighted by atomic mass is 10.1. The van der Waals surface area contributed by atoms with Crippen LogP contribution in [0.5, 0.6) is 5.75 Å². The second-order valence-electron chi connectivity index (χ2n) is 4.91. The Labute approximate surface area is 122 Å². The normalized spacial score (nSPS) is 10.9. The summed E-state index contributed by atoms with van der Waals surface area (Å²) in [6.07, 6.45) is 0. The van der Waals surface area contributed by atoms with Crippen LogP contribution in [0.15, 0.2) is 36.4 Å². The summed E-state index contributed by atoms with van der Waals surface area (Å²) in [6.45, 7) is 4.19. The molecule has 0 radical (unpaired) electrons. The van der Waals surface area contributed by atoms with Gasteiger partial charge in [0, 0.05) is 0 Å². The monoisotopic (exact) mass is 284 g/mol. The van der Waals surface area contributed by atoms with E-state index in [9.17, 15) is 0 Å². The summed E-state index contributed by atoms with van der Waals surface area (Å²) in [6, 6.07) is 12.3. The molecule has 0 bridgehead atoms. The predicted molar refractivity (Wildman–Crippen MR) is 84.5 cm³/mol. The molecule has 3 aromatic rings. The number of nitrogens with one attached hydrogen (secondary N) is 1. The number of aryl methyl sites for hydroxylation is 2. The predicted octanol–water partition coefficient (Wildman–Crippen LogP) is 4.31. The number of hydrogen-bond acceptors (Lipinski definition) is 2. The third-order valence-electron chi connectivity index (χ3n) is 3.49. The van der Waals surface area contributed by atoms with Gasteiger partial charge in [0.25, 0.3) is 0 Å². The fourth-order valence-electron chi connectivity index (χ4n) is 2.57. The first-order valence-corrected chi connectivity index (χ1v) is 6.88. The maximum Gasteiger partial charge on any atom is 0.182 e. The molecule has 0 spiro atoms. The maximum absolute atomic E-state index is 5.49. The van der Waals surface area contributed by atoms with Gasteiger partial charge < -0.3 is 9.72 Å². The summed E-state index contributed by atoms with van der Waals surface area (Å²) in [5.74, 6) is 0.803. The van der Waals surface area contributed by atoms with Crippen LogP contribution in [0.25, 0.3) is 16.7 Å². The molecule has 20 heavy (non-hydrogen) atoms. The molecule has 3 rings (SSSR count). The zero-order chi connectivity index (χ0) is 14.3. The van der Waals surface area contributed by atoms with Crippen LogP contribution in [0.4, 0.5) is 0 Å². The van der Waals surface area contributed by atoms with Crippen molar-refractivity contribution in [3.05, 3.63) is 52.3 Å². The number of rotatable bonds is 2. The average molecular weight is 284 g/mol. The highest BCUT2D eigenvalue weighted by Crippen LogP contribution is 2.28. The number of methoxy groups -OCH3 is 1. The van der Waals surface area contributed by atoms with E-state index in [4.69, 9.17) is 17.0 Å². The second kappa shape index (κ2) is 4.80. The summed E-state index contributed by atoms with van der Waals surface area (Å²) < 4.78 is 8.12. The summed E-state index contributed by atoms with van der Waals surface area (Å²) in [4.78, 5) is 3.24. The molecule has 0 saturated heterocycles. The SMILES string of the molecule is COc1cccc2c1[nH]c(=S)n2-c1ccc(C)cc1C. The Morgan fingerprint density at radius 1 is 1.15 bits per heavy atom. The number of imidazole rings is 1. The smallest absolute Gasteiger partial charge is 0.182 e. The van der Waals surface area contributed by atoms with E-state index in [-0.39, 0.29) is 0 Å². The summed E-state index contributed by atoms with van der Waals surface area (Å²) >= 11 is 5.49. The highest BCUT2D eigenvalue weighted by atomic mass is 32.1. The first-order chi connectivity index (χ1) is 9.61. The molecule has 0 aliphatic heterocycles. The van der Waals surface area contributed by atoms with Crippen molar-refractivity contribution in [3.8, 4) is 11.4 Å². The minimum absolute atomic E-state index is 0.677. The first kappa shape index (κ1) is 12.9. The molecule has 0 saturated carbocycles. The number of H-pyrrole nitrogens is 1. The van der Waals surface area contributed by atoms with Crippen LogP contribution in [-0.2, 0) is 0 Å². The Hall–Kier alpha value is -2.07. The van der Waals surface area contributed by atoms with Gasteiger partial charge in [-0.05, 0) is 49.8 Å². The molecule has 2 aromatic carbocycles. The van der Waals surface area contributed by atoms with Crippen molar-refractivity contribution >= 4 is 23.3 Å². The van der Waals surface area contributed by atoms with E-state index in [2.05, 4.69) is 41.6 Å². The van der Waals surface area contributed by atoms with Crippen molar-refractivity contribution < 1.29 is 4.74 Å². The van der Waals surface area contributed by atoms with Crippen LogP contribution < -0.4 is 4.74 Å². The van der Waals surface area contributed by atoms with Crippen LogP contribution in [-0.4, -0.2) is 16.7 Å². The Morgan fingerprint density at radius 3 is 2.65 bits per heavy atom. The molecule has 0 aliphatic rings. The number of ether oxygens (including phenoxy) is 1. The zero-order valence-electron chi connectivity index (χ0n) is 11.7. The number of aromatic nitrogens is 2. The summed E-state index contributed by atoms with van der Waals surface area (Å²) in [5, 5.41) is 0. The van der Waals surface area contributed by atoms with E-state index >= 15 is 0 Å². The van der Waals surface area contributed by atoms with Gasteiger partial charge in [0.2, 0.25) is 0 Å². The molecule has 0 aliphatic carbocycles. The Kier molecular flexibility index (Phi) is 3.10. The maximum atomic E-state index is 5.49. The topological polar surface area (TPSA) is 29.9 Å². The van der Waals surface area contributed by atoms with Gasteiger partial charge in [0.05, 0.1) is 18.3 Å². The minimum atomic E-state index is 0.677. The zero-order valence-corrected chi connectivity index (χ0v) is 12.5. The van der Waals surface area contributed by atoms with Gasteiger partial charge in [-0.15, -0.1) is 0 Å². The molecular formula is C16H16N2OS. The second-order valence-corrected chi connectivity index (χ2v) is 5.30. The highest BCUT2D eigenvalue weighted by Gasteiger charge is 2.11. The van der Waals surface area contributed by atoms with Crippen LogP contribution in [0.2, 0.25) is 0 Å². The van der Waals surface area contributed by atoms with Gasteiger partial charge in [-0.3, -0.25) is 4.57 Å². The number of aromatic amines is 1. The molecular weight excluding hydrogens is 268 g/mol. The van der Waals surface area contributed by atoms with Gasteiger partial charge in [-0.1, -0.05) is 23.8 Å². The van der Waals surface area contributed by atoms with Gasteiger partial charge in [0.1, 0.15) is 11.3 Å². The van der Waals surface area contributed by atoms with Gasteiger partial charge in [-0.2, -0.15) is 0 Å².